The highest BCUT2D eigenvalue weighted by Crippen LogP contribution is 2.36. The van der Waals surface area contributed by atoms with Crippen molar-refractivity contribution >= 4 is 16.5 Å². The molecule has 1 atom stereocenters. The van der Waals surface area contributed by atoms with Crippen LogP contribution < -0.4 is 4.90 Å². The minimum absolute atomic E-state index is 0.0575. The van der Waals surface area contributed by atoms with Gasteiger partial charge in [-0.15, -0.1) is 10.2 Å². The lowest BCUT2D eigenvalue weighted by atomic mass is 9.78. The molecule has 0 unspecified atom stereocenters. The van der Waals surface area contributed by atoms with E-state index in [9.17, 15) is 5.11 Å². The molecule has 0 spiro atoms. The Hall–Kier alpha value is -0.680. The second kappa shape index (κ2) is 5.53. The molecule has 2 heterocycles. The third-order valence-electron chi connectivity index (χ3n) is 3.94. The van der Waals surface area contributed by atoms with Crippen LogP contribution in [0.25, 0.3) is 0 Å². The largest absolute Gasteiger partial charge is 0.396 e. The maximum Gasteiger partial charge on any atom is 0.208 e. The number of anilines is 1. The molecule has 1 N–H and O–H groups in total. The first-order valence-corrected chi connectivity index (χ1v) is 7.61. The van der Waals surface area contributed by atoms with Crippen molar-refractivity contribution in [2.24, 2.45) is 5.41 Å². The number of aliphatic hydroxyl groups excluding tert-OH is 1. The summed E-state index contributed by atoms with van der Waals surface area (Å²) in [6.07, 6.45) is 3.27. The summed E-state index contributed by atoms with van der Waals surface area (Å²) < 4.78 is 0. The highest BCUT2D eigenvalue weighted by Gasteiger charge is 2.34. The molecule has 0 saturated carbocycles. The Morgan fingerprint density at radius 3 is 2.78 bits per heavy atom. The van der Waals surface area contributed by atoms with Gasteiger partial charge in [0.15, 0.2) is 0 Å². The summed E-state index contributed by atoms with van der Waals surface area (Å²) in [6, 6.07) is 0. The summed E-state index contributed by atoms with van der Waals surface area (Å²) in [4.78, 5) is 2.30. The predicted octanol–water partition coefficient (Wildman–Crippen LogP) is 2.65. The third-order valence-corrected chi connectivity index (χ3v) is 5.23. The molecule has 1 aromatic heterocycles. The molecule has 0 aromatic carbocycles. The van der Waals surface area contributed by atoms with Crippen LogP contribution in [0.3, 0.4) is 0 Å². The maximum absolute atomic E-state index is 9.64. The van der Waals surface area contributed by atoms with Crippen molar-refractivity contribution in [1.29, 1.82) is 0 Å². The van der Waals surface area contributed by atoms with E-state index in [-0.39, 0.29) is 12.0 Å². The molecule has 0 radical (unpaired) electrons. The van der Waals surface area contributed by atoms with E-state index in [0.29, 0.717) is 5.92 Å². The lowest BCUT2D eigenvalue weighted by Gasteiger charge is -2.41. The molecule has 1 aromatic rings. The number of hydrogen-bond acceptors (Lipinski definition) is 5. The molecule has 4 nitrogen and oxygen atoms in total. The fraction of sp³-hybridized carbons (Fsp3) is 0.846. The Morgan fingerprint density at radius 2 is 2.22 bits per heavy atom. The second-order valence-corrected chi connectivity index (χ2v) is 6.60. The average Bonchev–Trinajstić information content (AvgIpc) is 2.88. The SMILES string of the molecule is CC[C@]1(CO)CCCN(c2nnc(C(C)C)s2)C1. The standard InChI is InChI=1S/C13H23N3OS/c1-4-13(9-17)6-5-7-16(8-13)12-15-14-11(18-12)10(2)3/h10,17H,4-9H2,1-3H3/t13-/m0/s1. The highest BCUT2D eigenvalue weighted by molar-refractivity contribution is 7.15. The van der Waals surface area contributed by atoms with Gasteiger partial charge in [0.1, 0.15) is 5.01 Å². The van der Waals surface area contributed by atoms with E-state index < -0.39 is 0 Å². The summed E-state index contributed by atoms with van der Waals surface area (Å²) in [5, 5.41) is 20.3. The zero-order valence-electron chi connectivity index (χ0n) is 11.5. The van der Waals surface area contributed by atoms with E-state index in [1.54, 1.807) is 11.3 Å². The van der Waals surface area contributed by atoms with Crippen LogP contribution in [0.2, 0.25) is 0 Å². The van der Waals surface area contributed by atoms with Crippen LogP contribution in [-0.4, -0.2) is 35.0 Å². The normalized spacial score (nSPS) is 24.8. The lowest BCUT2D eigenvalue weighted by Crippen LogP contribution is -2.45. The van der Waals surface area contributed by atoms with E-state index in [4.69, 9.17) is 0 Å². The van der Waals surface area contributed by atoms with Crippen molar-refractivity contribution in [3.63, 3.8) is 0 Å². The number of aromatic nitrogens is 2. The van der Waals surface area contributed by atoms with Crippen LogP contribution in [0.4, 0.5) is 5.13 Å². The van der Waals surface area contributed by atoms with Gasteiger partial charge in [0, 0.05) is 24.4 Å². The molecule has 0 bridgehead atoms. The van der Waals surface area contributed by atoms with E-state index in [2.05, 4.69) is 35.9 Å². The van der Waals surface area contributed by atoms with Crippen molar-refractivity contribution in [3.8, 4) is 0 Å². The minimum atomic E-state index is 0.0575. The number of aliphatic hydroxyl groups is 1. The minimum Gasteiger partial charge on any atom is -0.396 e. The van der Waals surface area contributed by atoms with Crippen molar-refractivity contribution in [3.05, 3.63) is 5.01 Å². The molecular formula is C13H23N3OS. The third kappa shape index (κ3) is 2.67. The van der Waals surface area contributed by atoms with Gasteiger partial charge in [0.2, 0.25) is 5.13 Å². The molecule has 0 aliphatic carbocycles. The van der Waals surface area contributed by atoms with Gasteiger partial charge in [0.25, 0.3) is 0 Å². The Bertz CT molecular complexity index is 387. The fourth-order valence-corrected chi connectivity index (χ4v) is 3.36. The van der Waals surface area contributed by atoms with Gasteiger partial charge in [-0.2, -0.15) is 0 Å². The van der Waals surface area contributed by atoms with E-state index >= 15 is 0 Å². The zero-order chi connectivity index (χ0) is 13.2. The first kappa shape index (κ1) is 13.7. The first-order chi connectivity index (χ1) is 8.60. The summed E-state index contributed by atoms with van der Waals surface area (Å²) in [5.74, 6) is 0.440. The number of nitrogens with zero attached hydrogens (tertiary/aromatic N) is 3. The van der Waals surface area contributed by atoms with Gasteiger partial charge in [-0.1, -0.05) is 32.1 Å². The molecule has 5 heteroatoms. The van der Waals surface area contributed by atoms with E-state index in [0.717, 1.165) is 42.5 Å². The van der Waals surface area contributed by atoms with Crippen LogP contribution in [-0.2, 0) is 0 Å². The molecule has 0 amide bonds. The Kier molecular flexibility index (Phi) is 4.22. The van der Waals surface area contributed by atoms with Crippen LogP contribution in [0, 0.1) is 5.41 Å². The van der Waals surface area contributed by atoms with E-state index in [1.807, 2.05) is 0 Å². The number of piperidine rings is 1. The zero-order valence-corrected chi connectivity index (χ0v) is 12.3. The summed E-state index contributed by atoms with van der Waals surface area (Å²) in [5.41, 5.74) is 0.0575. The molecule has 102 valence electrons. The fourth-order valence-electron chi connectivity index (χ4n) is 2.49. The van der Waals surface area contributed by atoms with Gasteiger partial charge in [-0.25, -0.2) is 0 Å². The van der Waals surface area contributed by atoms with Gasteiger partial charge >= 0.3 is 0 Å². The molecule has 2 rings (SSSR count). The molecule has 1 saturated heterocycles. The quantitative estimate of drug-likeness (QED) is 0.913. The molecule has 18 heavy (non-hydrogen) atoms. The van der Waals surface area contributed by atoms with Crippen LogP contribution in [0.5, 0.6) is 0 Å². The Balaban J connectivity index is 2.12. The first-order valence-electron chi connectivity index (χ1n) is 6.79. The van der Waals surface area contributed by atoms with Crippen molar-refractivity contribution < 1.29 is 5.11 Å². The van der Waals surface area contributed by atoms with Gasteiger partial charge in [-0.3, -0.25) is 0 Å². The predicted molar refractivity (Wildman–Crippen MR) is 75.3 cm³/mol. The smallest absolute Gasteiger partial charge is 0.208 e. The summed E-state index contributed by atoms with van der Waals surface area (Å²) in [6.45, 7) is 8.67. The Morgan fingerprint density at radius 1 is 1.44 bits per heavy atom. The summed E-state index contributed by atoms with van der Waals surface area (Å²) >= 11 is 1.69. The number of hydrogen-bond donors (Lipinski definition) is 1. The van der Waals surface area contributed by atoms with Gasteiger partial charge in [0.05, 0.1) is 6.61 Å². The molecule has 1 fully saturated rings. The average molecular weight is 269 g/mol. The maximum atomic E-state index is 9.64. The topological polar surface area (TPSA) is 49.2 Å². The lowest BCUT2D eigenvalue weighted by molar-refractivity contribution is 0.101. The van der Waals surface area contributed by atoms with Crippen molar-refractivity contribution in [1.82, 2.24) is 10.2 Å². The second-order valence-electron chi connectivity index (χ2n) is 5.61. The molecular weight excluding hydrogens is 246 g/mol. The highest BCUT2D eigenvalue weighted by atomic mass is 32.1. The molecule has 1 aliphatic heterocycles. The van der Waals surface area contributed by atoms with E-state index in [1.165, 1.54) is 0 Å². The number of rotatable bonds is 4. The van der Waals surface area contributed by atoms with Crippen molar-refractivity contribution in [2.75, 3.05) is 24.6 Å². The van der Waals surface area contributed by atoms with Crippen molar-refractivity contribution in [2.45, 2.75) is 46.0 Å². The monoisotopic (exact) mass is 269 g/mol. The van der Waals surface area contributed by atoms with Crippen LogP contribution in [0.15, 0.2) is 0 Å². The van der Waals surface area contributed by atoms with Crippen LogP contribution >= 0.6 is 11.3 Å². The van der Waals surface area contributed by atoms with Crippen LogP contribution in [0.1, 0.15) is 51.0 Å². The van der Waals surface area contributed by atoms with Gasteiger partial charge < -0.3 is 10.0 Å². The van der Waals surface area contributed by atoms with Gasteiger partial charge in [-0.05, 0) is 19.3 Å². The molecule has 1 aliphatic rings. The Labute approximate surface area is 113 Å². The summed E-state index contributed by atoms with van der Waals surface area (Å²) in [7, 11) is 0.